The van der Waals surface area contributed by atoms with Crippen LogP contribution in [-0.4, -0.2) is 64.2 Å². The number of thiazole rings is 1. The van der Waals surface area contributed by atoms with Crippen LogP contribution in [0.25, 0.3) is 16.3 Å². The summed E-state index contributed by atoms with van der Waals surface area (Å²) in [6.07, 6.45) is 8.58. The van der Waals surface area contributed by atoms with E-state index in [1.54, 1.807) is 48.8 Å². The number of nitrogens with one attached hydrogen (secondary N) is 5. The molecule has 7 N–H and O–H groups in total. The first-order chi connectivity index (χ1) is 24.1. The third-order valence-corrected chi connectivity index (χ3v) is 8.73. The van der Waals surface area contributed by atoms with Crippen molar-refractivity contribution in [3.63, 3.8) is 0 Å². The van der Waals surface area contributed by atoms with Gasteiger partial charge in [0.2, 0.25) is 23.6 Å². The molecule has 2 atom stereocenters. The average molecular weight is 699 g/mol. The monoisotopic (exact) mass is 698 g/mol. The lowest BCUT2D eigenvalue weighted by atomic mass is 9.95. The summed E-state index contributed by atoms with van der Waals surface area (Å²) in [5, 5.41) is 14.7. The number of carbonyl (C=O) groups is 5. The van der Waals surface area contributed by atoms with Crippen molar-refractivity contribution in [1.29, 1.82) is 0 Å². The molecule has 0 radical (unpaired) electrons. The van der Waals surface area contributed by atoms with Crippen LogP contribution in [0, 0.1) is 0 Å². The van der Waals surface area contributed by atoms with Gasteiger partial charge in [-0.3, -0.25) is 29.0 Å². The number of primary amides is 1. The van der Waals surface area contributed by atoms with Crippen molar-refractivity contribution in [2.75, 3.05) is 18.4 Å². The highest BCUT2D eigenvalue weighted by atomic mass is 32.1. The molecule has 0 fully saturated rings. The van der Waals surface area contributed by atoms with Crippen LogP contribution in [0.2, 0.25) is 0 Å². The van der Waals surface area contributed by atoms with Gasteiger partial charge in [0, 0.05) is 36.3 Å². The van der Waals surface area contributed by atoms with E-state index >= 15 is 0 Å². The van der Waals surface area contributed by atoms with E-state index < -0.39 is 41.8 Å². The highest BCUT2D eigenvalue weighted by molar-refractivity contribution is 7.22. The standard InChI is InChI=1S/C36H42N8O5S/c1-3-19-36(2,34(37)49)44-31(46)23-40-33(48)28(11-6-7-21-39-30(45)18-13-24-9-8-20-38-22-24)42-32(47)25-14-16-26(17-15-25)41-35-43-27-10-4-5-12-29(27)50-35/h4-5,8-10,12-18,20,22,28H,3,6-7,11,19,21,23H2,1-2H3,(H2,37,49)(H,39,45)(H,40,48)(H,41,43)(H,42,47)(H,44,46)/b18-13+/t28-,36?/m1/s1. The van der Waals surface area contributed by atoms with E-state index in [-0.39, 0.29) is 12.3 Å². The molecule has 0 aliphatic heterocycles. The van der Waals surface area contributed by atoms with Crippen LogP contribution in [0.4, 0.5) is 10.8 Å². The lowest BCUT2D eigenvalue weighted by Crippen LogP contribution is -2.57. The van der Waals surface area contributed by atoms with Crippen molar-refractivity contribution in [3.8, 4) is 0 Å². The molecule has 262 valence electrons. The molecule has 13 nitrogen and oxygen atoms in total. The van der Waals surface area contributed by atoms with Crippen molar-refractivity contribution in [2.24, 2.45) is 5.73 Å². The number of pyridine rings is 1. The van der Waals surface area contributed by atoms with E-state index in [0.717, 1.165) is 26.6 Å². The summed E-state index contributed by atoms with van der Waals surface area (Å²) < 4.78 is 1.05. The maximum atomic E-state index is 13.3. The molecule has 4 aromatic rings. The second-order valence-corrected chi connectivity index (χ2v) is 12.9. The fraction of sp³-hybridized carbons (Fsp3) is 0.306. The number of fused-ring (bicyclic) bond motifs is 1. The van der Waals surface area contributed by atoms with Gasteiger partial charge < -0.3 is 32.3 Å². The number of para-hydroxylation sites is 1. The molecule has 2 aromatic carbocycles. The van der Waals surface area contributed by atoms with Crippen molar-refractivity contribution in [3.05, 3.63) is 90.3 Å². The topological polar surface area (TPSA) is 197 Å². The number of nitrogens with zero attached hydrogens (tertiary/aromatic N) is 2. The molecule has 2 heterocycles. The molecular weight excluding hydrogens is 657 g/mol. The van der Waals surface area contributed by atoms with E-state index in [4.69, 9.17) is 5.73 Å². The Morgan fingerprint density at radius 3 is 2.46 bits per heavy atom. The fourth-order valence-electron chi connectivity index (χ4n) is 5.04. The SMILES string of the molecule is CCCC(C)(NC(=O)CNC(=O)[C@@H](CCCCNC(=O)/C=C/c1cccnc1)NC(=O)c1ccc(Nc2nc3ccccc3s2)cc1)C(N)=O. The summed E-state index contributed by atoms with van der Waals surface area (Å²) >= 11 is 1.52. The summed E-state index contributed by atoms with van der Waals surface area (Å²) in [4.78, 5) is 71.9. The third kappa shape index (κ3) is 11.2. The van der Waals surface area contributed by atoms with Crippen LogP contribution in [0.3, 0.4) is 0 Å². The summed E-state index contributed by atoms with van der Waals surface area (Å²) in [5.74, 6) is -2.57. The Kier molecular flexibility index (Phi) is 13.6. The van der Waals surface area contributed by atoms with Gasteiger partial charge in [-0.1, -0.05) is 42.9 Å². The molecule has 0 saturated heterocycles. The maximum Gasteiger partial charge on any atom is 0.251 e. The number of hydrogen-bond acceptors (Lipinski definition) is 9. The number of unbranched alkanes of at least 4 members (excludes halogenated alkanes) is 1. The number of nitrogens with two attached hydrogens (primary N) is 1. The van der Waals surface area contributed by atoms with Crippen molar-refractivity contribution in [1.82, 2.24) is 31.2 Å². The molecule has 0 aliphatic carbocycles. The Hall–Kier alpha value is -5.63. The zero-order valence-electron chi connectivity index (χ0n) is 28.0. The maximum absolute atomic E-state index is 13.3. The van der Waals surface area contributed by atoms with Crippen LogP contribution < -0.4 is 32.3 Å². The lowest BCUT2D eigenvalue weighted by molar-refractivity contribution is -0.132. The molecule has 2 aromatic heterocycles. The minimum Gasteiger partial charge on any atom is -0.368 e. The second kappa shape index (κ2) is 18.2. The molecule has 1 unspecified atom stereocenters. The largest absolute Gasteiger partial charge is 0.368 e. The lowest BCUT2D eigenvalue weighted by Gasteiger charge is -2.27. The normalized spacial score (nSPS) is 12.8. The van der Waals surface area contributed by atoms with E-state index in [1.807, 2.05) is 37.3 Å². The summed E-state index contributed by atoms with van der Waals surface area (Å²) in [6.45, 7) is 3.34. The Morgan fingerprint density at radius 2 is 1.76 bits per heavy atom. The van der Waals surface area contributed by atoms with Crippen LogP contribution in [0.1, 0.15) is 61.9 Å². The number of rotatable bonds is 18. The van der Waals surface area contributed by atoms with E-state index in [9.17, 15) is 24.0 Å². The van der Waals surface area contributed by atoms with Crippen LogP contribution in [0.15, 0.2) is 79.1 Å². The number of anilines is 2. The number of aromatic nitrogens is 2. The summed E-state index contributed by atoms with van der Waals surface area (Å²) in [6, 6.07) is 17.2. The number of benzene rings is 2. The molecule has 50 heavy (non-hydrogen) atoms. The first kappa shape index (κ1) is 37.2. The van der Waals surface area contributed by atoms with Gasteiger partial charge in [-0.2, -0.15) is 0 Å². The Morgan fingerprint density at radius 1 is 0.980 bits per heavy atom. The number of amides is 5. The Balaban J connectivity index is 1.34. The van der Waals surface area contributed by atoms with Crippen LogP contribution in [-0.2, 0) is 19.2 Å². The predicted octanol–water partition coefficient (Wildman–Crippen LogP) is 3.81. The first-order valence-electron chi connectivity index (χ1n) is 16.3. The van der Waals surface area contributed by atoms with Gasteiger partial charge in [0.15, 0.2) is 5.13 Å². The molecule has 4 rings (SSSR count). The molecule has 0 saturated carbocycles. The van der Waals surface area contributed by atoms with Crippen molar-refractivity contribution < 1.29 is 24.0 Å². The van der Waals surface area contributed by atoms with E-state index in [0.29, 0.717) is 37.8 Å². The van der Waals surface area contributed by atoms with Gasteiger partial charge in [0.25, 0.3) is 5.91 Å². The molecule has 0 bridgehead atoms. The summed E-state index contributed by atoms with van der Waals surface area (Å²) in [7, 11) is 0. The van der Waals surface area contributed by atoms with Gasteiger partial charge in [-0.15, -0.1) is 0 Å². The second-order valence-electron chi connectivity index (χ2n) is 11.8. The fourth-order valence-corrected chi connectivity index (χ4v) is 5.93. The molecule has 14 heteroatoms. The molecule has 5 amide bonds. The highest BCUT2D eigenvalue weighted by Crippen LogP contribution is 2.28. The van der Waals surface area contributed by atoms with Crippen LogP contribution >= 0.6 is 11.3 Å². The number of hydrogen-bond donors (Lipinski definition) is 6. The third-order valence-electron chi connectivity index (χ3n) is 7.78. The van der Waals surface area contributed by atoms with Crippen LogP contribution in [0.5, 0.6) is 0 Å². The zero-order valence-corrected chi connectivity index (χ0v) is 28.8. The Bertz CT molecular complexity index is 1780. The van der Waals surface area contributed by atoms with Gasteiger partial charge in [0.05, 0.1) is 16.8 Å². The van der Waals surface area contributed by atoms with E-state index in [2.05, 4.69) is 36.6 Å². The van der Waals surface area contributed by atoms with Gasteiger partial charge in [-0.05, 0) is 86.7 Å². The average Bonchev–Trinajstić information content (AvgIpc) is 3.52. The zero-order chi connectivity index (χ0) is 35.9. The number of carbonyl (C=O) groups excluding carboxylic acids is 5. The molecule has 0 spiro atoms. The molecule has 0 aliphatic rings. The highest BCUT2D eigenvalue weighted by Gasteiger charge is 2.32. The summed E-state index contributed by atoms with van der Waals surface area (Å²) in [5.41, 5.74) is 7.00. The van der Waals surface area contributed by atoms with E-state index in [1.165, 1.54) is 24.3 Å². The van der Waals surface area contributed by atoms with Gasteiger partial charge in [0.1, 0.15) is 11.6 Å². The minimum absolute atomic E-state index is 0.243. The quantitative estimate of drug-likeness (QED) is 0.0666. The van der Waals surface area contributed by atoms with Gasteiger partial charge >= 0.3 is 0 Å². The minimum atomic E-state index is -1.25. The van der Waals surface area contributed by atoms with Crippen molar-refractivity contribution >= 4 is 68.0 Å². The first-order valence-corrected chi connectivity index (χ1v) is 17.2. The molecular formula is C36H42N8O5S. The Labute approximate surface area is 294 Å². The predicted molar refractivity (Wildman–Crippen MR) is 194 cm³/mol. The van der Waals surface area contributed by atoms with Gasteiger partial charge in [-0.25, -0.2) is 4.98 Å². The smallest absolute Gasteiger partial charge is 0.251 e. The van der Waals surface area contributed by atoms with Crippen molar-refractivity contribution in [2.45, 2.75) is 57.5 Å².